The topological polar surface area (TPSA) is 0 Å². The molecule has 0 saturated heterocycles. The van der Waals surface area contributed by atoms with Gasteiger partial charge in [-0.25, -0.2) is 0 Å². The van der Waals surface area contributed by atoms with Gasteiger partial charge in [-0.1, -0.05) is 56.8 Å². The largest absolute Gasteiger partial charge is 0.114 e. The molecule has 0 aliphatic rings. The molecule has 0 aliphatic carbocycles. The van der Waals surface area contributed by atoms with Crippen molar-refractivity contribution in [2.24, 2.45) is 0 Å². The molecule has 1 aromatic rings. The van der Waals surface area contributed by atoms with Crippen molar-refractivity contribution in [3.05, 3.63) is 28.8 Å². The predicted octanol–water partition coefficient (Wildman–Crippen LogP) is 3.96. The highest BCUT2D eigenvalue weighted by Gasteiger charge is 2.26. The fourth-order valence-electron chi connectivity index (χ4n) is 2.86. The van der Waals surface area contributed by atoms with Gasteiger partial charge in [-0.3, -0.25) is 0 Å². The quantitative estimate of drug-likeness (QED) is 0.669. The summed E-state index contributed by atoms with van der Waals surface area (Å²) in [5, 5.41) is 0. The van der Waals surface area contributed by atoms with Crippen LogP contribution in [0.15, 0.2) is 12.1 Å². The number of aryl methyl sites for hydroxylation is 1. The molecule has 0 heterocycles. The van der Waals surface area contributed by atoms with Crippen LogP contribution >= 0.6 is 0 Å². The van der Waals surface area contributed by atoms with Crippen molar-refractivity contribution in [2.45, 2.75) is 65.7 Å². The normalized spacial score (nSPS) is 11.8. The molecule has 1 heteroatoms. The Hall–Kier alpha value is -0.715. The van der Waals surface area contributed by atoms with Crippen LogP contribution in [0.1, 0.15) is 63.1 Å². The monoisotopic (exact) mass is 228 g/mol. The minimum absolute atomic E-state index is 0.242. The van der Waals surface area contributed by atoms with Gasteiger partial charge in [-0.2, -0.15) is 0 Å². The van der Waals surface area contributed by atoms with Crippen LogP contribution in [0.4, 0.5) is 0 Å². The summed E-state index contributed by atoms with van der Waals surface area (Å²) in [6.07, 6.45) is 4.85. The maximum Gasteiger partial charge on any atom is 0.114 e. The van der Waals surface area contributed by atoms with Gasteiger partial charge in [0.05, 0.1) is 0 Å². The average Bonchev–Trinajstić information content (AvgIpc) is 2.26. The van der Waals surface area contributed by atoms with Crippen LogP contribution in [0.25, 0.3) is 0 Å². The molecule has 2 radical (unpaired) electrons. The average molecular weight is 228 g/mol. The Balaban J connectivity index is 3.24. The molecule has 0 nitrogen and oxygen atoms in total. The fraction of sp³-hybridized carbons (Fsp3) is 0.625. The molecule has 0 aliphatic heterocycles. The highest BCUT2D eigenvalue weighted by Crippen LogP contribution is 2.33. The second-order valence-corrected chi connectivity index (χ2v) is 5.53. The second kappa shape index (κ2) is 5.75. The van der Waals surface area contributed by atoms with E-state index < -0.39 is 0 Å². The van der Waals surface area contributed by atoms with Gasteiger partial charge in [0.15, 0.2) is 0 Å². The van der Waals surface area contributed by atoms with Crippen LogP contribution in [0, 0.1) is 13.8 Å². The van der Waals surface area contributed by atoms with E-state index in [0.29, 0.717) is 0 Å². The van der Waals surface area contributed by atoms with Crippen molar-refractivity contribution in [1.82, 2.24) is 0 Å². The van der Waals surface area contributed by atoms with Gasteiger partial charge in [0, 0.05) is 0 Å². The summed E-state index contributed by atoms with van der Waals surface area (Å²) in [5.74, 6) is 0. The third-order valence-electron chi connectivity index (χ3n) is 4.04. The molecule has 0 unspecified atom stereocenters. The van der Waals surface area contributed by atoms with Crippen LogP contribution in [-0.4, -0.2) is 7.85 Å². The van der Waals surface area contributed by atoms with Crippen LogP contribution in [-0.2, 0) is 5.41 Å². The Morgan fingerprint density at radius 1 is 1.06 bits per heavy atom. The van der Waals surface area contributed by atoms with Crippen molar-refractivity contribution < 1.29 is 0 Å². The molecular formula is C16H25B. The van der Waals surface area contributed by atoms with Gasteiger partial charge in [-0.05, 0) is 43.2 Å². The Bertz CT molecular complexity index is 373. The molecule has 0 aromatic heterocycles. The first-order chi connectivity index (χ1) is 7.96. The summed E-state index contributed by atoms with van der Waals surface area (Å²) < 4.78 is 0. The SMILES string of the molecule is [B]c1c(C(C)(CCC)CCC)ccc(C)c1C. The van der Waals surface area contributed by atoms with Gasteiger partial charge in [0.25, 0.3) is 0 Å². The van der Waals surface area contributed by atoms with Gasteiger partial charge >= 0.3 is 0 Å². The van der Waals surface area contributed by atoms with E-state index in [0.717, 1.165) is 5.46 Å². The van der Waals surface area contributed by atoms with Crippen molar-refractivity contribution in [3.8, 4) is 0 Å². The van der Waals surface area contributed by atoms with E-state index >= 15 is 0 Å². The van der Waals surface area contributed by atoms with Gasteiger partial charge in [-0.15, -0.1) is 0 Å². The number of hydrogen-bond donors (Lipinski definition) is 0. The third-order valence-corrected chi connectivity index (χ3v) is 4.04. The minimum atomic E-state index is 0.242. The summed E-state index contributed by atoms with van der Waals surface area (Å²) in [5.41, 5.74) is 5.15. The first kappa shape index (κ1) is 14.3. The minimum Gasteiger partial charge on any atom is -0.0899 e. The molecule has 0 amide bonds. The van der Waals surface area contributed by atoms with Crippen LogP contribution in [0.3, 0.4) is 0 Å². The summed E-state index contributed by atoms with van der Waals surface area (Å²) in [4.78, 5) is 0. The molecule has 1 rings (SSSR count). The molecule has 92 valence electrons. The van der Waals surface area contributed by atoms with E-state index in [9.17, 15) is 0 Å². The second-order valence-electron chi connectivity index (χ2n) is 5.53. The van der Waals surface area contributed by atoms with E-state index in [1.807, 2.05) is 0 Å². The maximum absolute atomic E-state index is 6.33. The molecule has 0 spiro atoms. The number of rotatable bonds is 5. The zero-order chi connectivity index (χ0) is 13.1. The summed E-state index contributed by atoms with van der Waals surface area (Å²) >= 11 is 0. The lowest BCUT2D eigenvalue weighted by molar-refractivity contribution is 0.394. The smallest absolute Gasteiger partial charge is 0.0899 e. The molecular weight excluding hydrogens is 203 g/mol. The Morgan fingerprint density at radius 2 is 1.59 bits per heavy atom. The lowest BCUT2D eigenvalue weighted by atomic mass is 9.68. The zero-order valence-corrected chi connectivity index (χ0v) is 12.1. The molecule has 0 saturated carbocycles. The van der Waals surface area contributed by atoms with Gasteiger partial charge < -0.3 is 0 Å². The van der Waals surface area contributed by atoms with E-state index in [1.54, 1.807) is 0 Å². The summed E-state index contributed by atoms with van der Waals surface area (Å²) in [7, 11) is 6.33. The highest BCUT2D eigenvalue weighted by molar-refractivity contribution is 6.34. The maximum atomic E-state index is 6.33. The molecule has 17 heavy (non-hydrogen) atoms. The van der Waals surface area contributed by atoms with E-state index in [-0.39, 0.29) is 5.41 Å². The first-order valence-corrected chi connectivity index (χ1v) is 6.82. The van der Waals surface area contributed by atoms with E-state index in [2.05, 4.69) is 46.8 Å². The van der Waals surface area contributed by atoms with Gasteiger partial charge in [0.2, 0.25) is 0 Å². The third kappa shape index (κ3) is 2.94. The Kier molecular flexibility index (Phi) is 4.85. The van der Waals surface area contributed by atoms with Crippen molar-refractivity contribution >= 4 is 13.3 Å². The summed E-state index contributed by atoms with van der Waals surface area (Å²) in [6.45, 7) is 11.1. The standard InChI is InChI=1S/C16H25B/c1-6-10-16(5,11-7-2)14-9-8-12(3)13(4)15(14)17/h8-9H,6-7,10-11H2,1-5H3. The van der Waals surface area contributed by atoms with Crippen LogP contribution in [0.5, 0.6) is 0 Å². The summed E-state index contributed by atoms with van der Waals surface area (Å²) in [6, 6.07) is 4.45. The lowest BCUT2D eigenvalue weighted by Gasteiger charge is -2.32. The van der Waals surface area contributed by atoms with Crippen molar-refractivity contribution in [2.75, 3.05) is 0 Å². The Morgan fingerprint density at radius 3 is 2.06 bits per heavy atom. The zero-order valence-electron chi connectivity index (χ0n) is 12.1. The van der Waals surface area contributed by atoms with E-state index in [1.165, 1.54) is 42.4 Å². The predicted molar refractivity (Wildman–Crippen MR) is 78.5 cm³/mol. The Labute approximate surface area is 108 Å². The molecule has 0 N–H and O–H groups in total. The van der Waals surface area contributed by atoms with Gasteiger partial charge in [0.1, 0.15) is 7.85 Å². The molecule has 0 bridgehead atoms. The van der Waals surface area contributed by atoms with E-state index in [4.69, 9.17) is 7.85 Å². The van der Waals surface area contributed by atoms with Crippen molar-refractivity contribution in [1.29, 1.82) is 0 Å². The fourth-order valence-corrected chi connectivity index (χ4v) is 2.86. The molecule has 0 atom stereocenters. The molecule has 1 aromatic carbocycles. The highest BCUT2D eigenvalue weighted by atomic mass is 14.3. The van der Waals surface area contributed by atoms with Crippen LogP contribution < -0.4 is 5.46 Å². The first-order valence-electron chi connectivity index (χ1n) is 6.82. The number of benzene rings is 1. The van der Waals surface area contributed by atoms with Crippen LogP contribution in [0.2, 0.25) is 0 Å². The number of hydrogen-bond acceptors (Lipinski definition) is 0. The molecule has 0 fully saturated rings. The lowest BCUT2D eigenvalue weighted by Crippen LogP contribution is -2.30. The van der Waals surface area contributed by atoms with Crippen molar-refractivity contribution in [3.63, 3.8) is 0 Å².